The summed E-state index contributed by atoms with van der Waals surface area (Å²) < 4.78 is 22.2. The number of rotatable bonds is 7. The summed E-state index contributed by atoms with van der Waals surface area (Å²) in [7, 11) is 4.54. The molecule has 6 heteroatoms. The number of benzene rings is 3. The van der Waals surface area contributed by atoms with Crippen LogP contribution in [0.1, 0.15) is 27.4 Å². The Kier molecular flexibility index (Phi) is 5.94. The number of allylic oxidation sites excluding steroid dienone is 1. The summed E-state index contributed by atoms with van der Waals surface area (Å²) in [4.78, 5) is 18.3. The molecule has 0 unspecified atom stereocenters. The number of Topliss-reactive ketones (excluding diaryl/α,β-unsaturated/α-hetero) is 1. The first-order valence-corrected chi connectivity index (χ1v) is 10.0. The van der Waals surface area contributed by atoms with Crippen LogP contribution in [0, 0.1) is 6.92 Å². The Morgan fingerprint density at radius 3 is 2.16 bits per heavy atom. The summed E-state index contributed by atoms with van der Waals surface area (Å²) in [5.74, 6) is 1.16. The van der Waals surface area contributed by atoms with Gasteiger partial charge in [-0.1, -0.05) is 42.0 Å². The van der Waals surface area contributed by atoms with Crippen LogP contribution >= 0.6 is 0 Å². The van der Waals surface area contributed by atoms with E-state index in [4.69, 9.17) is 18.6 Å². The van der Waals surface area contributed by atoms with Crippen molar-refractivity contribution < 1.29 is 23.4 Å². The van der Waals surface area contributed by atoms with Crippen molar-refractivity contribution in [2.45, 2.75) is 6.92 Å². The first-order valence-electron chi connectivity index (χ1n) is 10.0. The number of fused-ring (bicyclic) bond motifs is 1. The van der Waals surface area contributed by atoms with Crippen LogP contribution in [0.25, 0.3) is 22.7 Å². The minimum atomic E-state index is -0.281. The van der Waals surface area contributed by atoms with Gasteiger partial charge in [0.25, 0.3) is 0 Å². The van der Waals surface area contributed by atoms with Gasteiger partial charge in [0.1, 0.15) is 5.52 Å². The molecular weight excluding hydrogens is 406 g/mol. The summed E-state index contributed by atoms with van der Waals surface area (Å²) in [6.45, 7) is 2.01. The number of methoxy groups -OCH3 is 3. The van der Waals surface area contributed by atoms with E-state index in [-0.39, 0.29) is 11.7 Å². The van der Waals surface area contributed by atoms with Gasteiger partial charge in [-0.05, 0) is 42.8 Å². The zero-order valence-electron chi connectivity index (χ0n) is 18.3. The number of carbonyl (C=O) groups is 1. The zero-order valence-corrected chi connectivity index (χ0v) is 18.3. The van der Waals surface area contributed by atoms with Gasteiger partial charge in [0, 0.05) is 5.56 Å². The quantitative estimate of drug-likeness (QED) is 0.282. The molecule has 4 aromatic rings. The molecule has 0 atom stereocenters. The van der Waals surface area contributed by atoms with Crippen LogP contribution in [0.15, 0.2) is 65.1 Å². The monoisotopic (exact) mass is 429 g/mol. The molecule has 0 bridgehead atoms. The van der Waals surface area contributed by atoms with Crippen LogP contribution < -0.4 is 14.2 Å². The van der Waals surface area contributed by atoms with Gasteiger partial charge in [-0.25, -0.2) is 4.98 Å². The van der Waals surface area contributed by atoms with Crippen molar-refractivity contribution in [2.24, 2.45) is 0 Å². The molecule has 0 saturated heterocycles. The number of para-hydroxylation sites is 2. The maximum absolute atomic E-state index is 13.7. The molecule has 0 spiro atoms. The number of hydrogen-bond donors (Lipinski definition) is 0. The Morgan fingerprint density at radius 2 is 1.56 bits per heavy atom. The van der Waals surface area contributed by atoms with Crippen molar-refractivity contribution in [3.05, 3.63) is 83.2 Å². The number of nitrogens with zero attached hydrogens (tertiary/aromatic N) is 1. The number of oxazole rings is 1. The van der Waals surface area contributed by atoms with E-state index in [9.17, 15) is 4.79 Å². The van der Waals surface area contributed by atoms with E-state index >= 15 is 0 Å². The fraction of sp³-hybridized carbons (Fsp3) is 0.154. The Labute approximate surface area is 186 Å². The van der Waals surface area contributed by atoms with Gasteiger partial charge >= 0.3 is 0 Å². The van der Waals surface area contributed by atoms with Crippen molar-refractivity contribution in [1.82, 2.24) is 4.98 Å². The molecule has 0 fully saturated rings. The predicted octanol–water partition coefficient (Wildman–Crippen LogP) is 5.59. The van der Waals surface area contributed by atoms with E-state index in [0.29, 0.717) is 39.5 Å². The van der Waals surface area contributed by atoms with E-state index in [1.807, 2.05) is 55.5 Å². The summed E-state index contributed by atoms with van der Waals surface area (Å²) in [6.07, 6.45) is 1.77. The minimum absolute atomic E-state index is 0.241. The molecule has 0 aliphatic rings. The van der Waals surface area contributed by atoms with Gasteiger partial charge in [0.15, 0.2) is 22.9 Å². The van der Waals surface area contributed by atoms with Crippen LogP contribution in [0.2, 0.25) is 0 Å². The lowest BCUT2D eigenvalue weighted by atomic mass is 9.99. The van der Waals surface area contributed by atoms with E-state index in [0.717, 1.165) is 11.1 Å². The number of aromatic nitrogens is 1. The van der Waals surface area contributed by atoms with Gasteiger partial charge in [-0.2, -0.15) is 0 Å². The number of carbonyl (C=O) groups excluding carboxylic acids is 1. The van der Waals surface area contributed by atoms with Crippen LogP contribution in [-0.4, -0.2) is 32.1 Å². The SMILES string of the molecule is COc1cc(C(=O)/C(=C\c2ccc(C)cc2)c2nc3ccccc3o2)cc(OC)c1OC. The molecule has 162 valence electrons. The number of ether oxygens (including phenoxy) is 3. The molecular formula is C26H23NO5. The van der Waals surface area contributed by atoms with E-state index in [1.165, 1.54) is 21.3 Å². The third-order valence-electron chi connectivity index (χ3n) is 5.08. The van der Waals surface area contributed by atoms with E-state index in [2.05, 4.69) is 4.98 Å². The molecule has 3 aromatic carbocycles. The Hall–Kier alpha value is -4.06. The lowest BCUT2D eigenvalue weighted by molar-refractivity contribution is 0.105. The average Bonchev–Trinajstić information content (AvgIpc) is 3.26. The molecule has 32 heavy (non-hydrogen) atoms. The number of hydrogen-bond acceptors (Lipinski definition) is 6. The largest absolute Gasteiger partial charge is 0.493 e. The highest BCUT2D eigenvalue weighted by Crippen LogP contribution is 2.39. The fourth-order valence-corrected chi connectivity index (χ4v) is 3.41. The first-order chi connectivity index (χ1) is 15.5. The molecule has 4 rings (SSSR count). The Bertz CT molecular complexity index is 1240. The van der Waals surface area contributed by atoms with Crippen LogP contribution in [0.3, 0.4) is 0 Å². The maximum atomic E-state index is 13.7. The smallest absolute Gasteiger partial charge is 0.231 e. The van der Waals surface area contributed by atoms with Gasteiger partial charge in [0.05, 0.1) is 26.9 Å². The van der Waals surface area contributed by atoms with Crippen molar-refractivity contribution in [2.75, 3.05) is 21.3 Å². The highest BCUT2D eigenvalue weighted by atomic mass is 16.5. The lowest BCUT2D eigenvalue weighted by Crippen LogP contribution is -2.05. The summed E-state index contributed by atoms with van der Waals surface area (Å²) in [5.41, 5.74) is 3.94. The van der Waals surface area contributed by atoms with Crippen molar-refractivity contribution in [3.8, 4) is 17.2 Å². The van der Waals surface area contributed by atoms with Gasteiger partial charge in [0.2, 0.25) is 11.6 Å². The molecule has 0 radical (unpaired) electrons. The average molecular weight is 429 g/mol. The molecule has 6 nitrogen and oxygen atoms in total. The maximum Gasteiger partial charge on any atom is 0.231 e. The van der Waals surface area contributed by atoms with E-state index in [1.54, 1.807) is 18.2 Å². The predicted molar refractivity (Wildman–Crippen MR) is 123 cm³/mol. The van der Waals surface area contributed by atoms with Gasteiger partial charge in [-0.15, -0.1) is 0 Å². The number of ketones is 1. The minimum Gasteiger partial charge on any atom is -0.493 e. The molecule has 0 N–H and O–H groups in total. The number of aryl methyl sites for hydroxylation is 1. The van der Waals surface area contributed by atoms with Crippen LogP contribution in [-0.2, 0) is 0 Å². The topological polar surface area (TPSA) is 70.8 Å². The molecule has 1 aromatic heterocycles. The normalized spacial score (nSPS) is 11.4. The van der Waals surface area contributed by atoms with Gasteiger partial charge in [-0.3, -0.25) is 4.79 Å². The van der Waals surface area contributed by atoms with Crippen LogP contribution in [0.5, 0.6) is 17.2 Å². The Balaban J connectivity index is 1.88. The molecule has 0 aliphatic carbocycles. The second-order valence-corrected chi connectivity index (χ2v) is 7.20. The molecule has 0 aliphatic heterocycles. The second kappa shape index (κ2) is 8.98. The van der Waals surface area contributed by atoms with E-state index < -0.39 is 0 Å². The van der Waals surface area contributed by atoms with Crippen molar-refractivity contribution in [3.63, 3.8) is 0 Å². The molecule has 0 amide bonds. The summed E-state index contributed by atoms with van der Waals surface area (Å²) in [6, 6.07) is 18.5. The lowest BCUT2D eigenvalue weighted by Gasteiger charge is -2.14. The summed E-state index contributed by atoms with van der Waals surface area (Å²) in [5, 5.41) is 0. The standard InChI is InChI=1S/C26H23NO5/c1-16-9-11-17(12-10-16)13-19(26-27-20-7-5-6-8-21(20)32-26)24(28)18-14-22(29-2)25(31-4)23(15-18)30-3/h5-15H,1-4H3/b19-13+. The van der Waals surface area contributed by atoms with Gasteiger partial charge < -0.3 is 18.6 Å². The molecule has 1 heterocycles. The zero-order chi connectivity index (χ0) is 22.7. The second-order valence-electron chi connectivity index (χ2n) is 7.20. The van der Waals surface area contributed by atoms with Crippen molar-refractivity contribution >= 4 is 28.5 Å². The fourth-order valence-electron chi connectivity index (χ4n) is 3.41. The highest BCUT2D eigenvalue weighted by molar-refractivity contribution is 6.31. The molecule has 0 saturated carbocycles. The highest BCUT2D eigenvalue weighted by Gasteiger charge is 2.23. The third kappa shape index (κ3) is 4.07. The summed E-state index contributed by atoms with van der Waals surface area (Å²) >= 11 is 0. The third-order valence-corrected chi connectivity index (χ3v) is 5.08. The van der Waals surface area contributed by atoms with Crippen LogP contribution in [0.4, 0.5) is 0 Å². The Morgan fingerprint density at radius 1 is 0.906 bits per heavy atom. The first kappa shape index (κ1) is 21.2. The van der Waals surface area contributed by atoms with Crippen molar-refractivity contribution in [1.29, 1.82) is 0 Å².